The fourth-order valence-corrected chi connectivity index (χ4v) is 2.56. The number of Topliss-reactive ketones (excluding diaryl/α,β-unsaturated/α-hetero) is 1. The van der Waals surface area contributed by atoms with Crippen LogP contribution in [0.3, 0.4) is 0 Å². The van der Waals surface area contributed by atoms with Gasteiger partial charge in [-0.25, -0.2) is 0 Å². The zero-order valence-electron chi connectivity index (χ0n) is 14.9. The lowest BCUT2D eigenvalue weighted by atomic mass is 10.1. The molecule has 0 aliphatic heterocycles. The Kier molecular flexibility index (Phi) is 6.05. The van der Waals surface area contributed by atoms with Crippen LogP contribution in [0.5, 0.6) is 11.5 Å². The highest BCUT2D eigenvalue weighted by molar-refractivity contribution is 5.98. The maximum atomic E-state index is 12.7. The second kappa shape index (κ2) is 8.67. The lowest BCUT2D eigenvalue weighted by Gasteiger charge is -2.12. The maximum Gasteiger partial charge on any atom is 0.387 e. The molecule has 0 saturated carbocycles. The number of aromatic nitrogens is 4. The van der Waals surface area contributed by atoms with E-state index in [-0.39, 0.29) is 5.56 Å². The summed E-state index contributed by atoms with van der Waals surface area (Å²) in [5.74, 6) is -1.41. The SMILES string of the molecule is Cc1ccccc1-c1nnn(CC(=O)c2ccc(OC(F)F)cc2OC(F)F)n1. The molecule has 0 bridgehead atoms. The first kappa shape index (κ1) is 20.2. The number of halogens is 4. The number of ether oxygens (including phenoxy) is 2. The van der Waals surface area contributed by atoms with Gasteiger partial charge in [0.15, 0.2) is 5.78 Å². The molecule has 3 rings (SSSR count). The second-order valence-electron chi connectivity index (χ2n) is 5.80. The highest BCUT2D eigenvalue weighted by Gasteiger charge is 2.20. The smallest absolute Gasteiger partial charge is 0.387 e. The molecule has 11 heteroatoms. The van der Waals surface area contributed by atoms with Crippen molar-refractivity contribution < 1.29 is 31.8 Å². The van der Waals surface area contributed by atoms with E-state index in [9.17, 15) is 22.4 Å². The van der Waals surface area contributed by atoms with Gasteiger partial charge in [-0.2, -0.15) is 22.4 Å². The minimum Gasteiger partial charge on any atom is -0.435 e. The van der Waals surface area contributed by atoms with E-state index in [1.54, 1.807) is 12.1 Å². The fraction of sp³-hybridized carbons (Fsp3) is 0.222. The molecule has 1 heterocycles. The minimum absolute atomic E-state index is 0.262. The summed E-state index contributed by atoms with van der Waals surface area (Å²) in [6, 6.07) is 10.2. The average Bonchev–Trinajstić information content (AvgIpc) is 3.09. The highest BCUT2D eigenvalue weighted by atomic mass is 19.3. The minimum atomic E-state index is -3.26. The van der Waals surface area contributed by atoms with Gasteiger partial charge in [0.25, 0.3) is 0 Å². The van der Waals surface area contributed by atoms with E-state index in [0.29, 0.717) is 5.82 Å². The highest BCUT2D eigenvalue weighted by Crippen LogP contribution is 2.28. The van der Waals surface area contributed by atoms with Crippen LogP contribution in [-0.4, -0.2) is 39.2 Å². The number of alkyl halides is 4. The molecule has 7 nitrogen and oxygen atoms in total. The van der Waals surface area contributed by atoms with Gasteiger partial charge in [0, 0.05) is 11.6 Å². The lowest BCUT2D eigenvalue weighted by Crippen LogP contribution is -2.16. The third kappa shape index (κ3) is 5.06. The van der Waals surface area contributed by atoms with Crippen molar-refractivity contribution in [2.75, 3.05) is 0 Å². The third-order valence-electron chi connectivity index (χ3n) is 3.82. The van der Waals surface area contributed by atoms with Crippen LogP contribution in [0.4, 0.5) is 17.6 Å². The van der Waals surface area contributed by atoms with E-state index >= 15 is 0 Å². The molecule has 0 saturated heterocycles. The molecule has 0 radical (unpaired) electrons. The molecule has 3 aromatic rings. The van der Waals surface area contributed by atoms with Gasteiger partial charge in [-0.3, -0.25) is 4.79 Å². The van der Waals surface area contributed by atoms with Crippen LogP contribution in [-0.2, 0) is 6.54 Å². The van der Waals surface area contributed by atoms with Crippen LogP contribution in [0.15, 0.2) is 42.5 Å². The molecule has 29 heavy (non-hydrogen) atoms. The van der Waals surface area contributed by atoms with Crippen molar-refractivity contribution in [3.05, 3.63) is 53.6 Å². The van der Waals surface area contributed by atoms with E-state index in [1.807, 2.05) is 19.1 Å². The number of nitrogens with zero attached hydrogens (tertiary/aromatic N) is 4. The molecule has 2 aromatic carbocycles. The summed E-state index contributed by atoms with van der Waals surface area (Å²) in [5, 5.41) is 11.8. The van der Waals surface area contributed by atoms with Crippen molar-refractivity contribution in [1.82, 2.24) is 20.2 Å². The first-order valence-electron chi connectivity index (χ1n) is 8.24. The van der Waals surface area contributed by atoms with Crippen LogP contribution in [0, 0.1) is 6.92 Å². The van der Waals surface area contributed by atoms with Crippen molar-refractivity contribution in [2.24, 2.45) is 0 Å². The van der Waals surface area contributed by atoms with Crippen LogP contribution in [0.25, 0.3) is 11.4 Å². The number of carbonyl (C=O) groups is 1. The van der Waals surface area contributed by atoms with Gasteiger partial charge in [-0.1, -0.05) is 24.3 Å². The number of tetrazole rings is 1. The van der Waals surface area contributed by atoms with E-state index in [0.717, 1.165) is 34.1 Å². The molecule has 0 aliphatic carbocycles. The molecule has 0 spiro atoms. The topological polar surface area (TPSA) is 79.1 Å². The van der Waals surface area contributed by atoms with E-state index in [4.69, 9.17) is 0 Å². The predicted octanol–water partition coefficient (Wildman–Crippen LogP) is 3.73. The van der Waals surface area contributed by atoms with Crippen molar-refractivity contribution in [1.29, 1.82) is 0 Å². The number of benzene rings is 2. The number of hydrogen-bond acceptors (Lipinski definition) is 6. The zero-order chi connectivity index (χ0) is 21.0. The van der Waals surface area contributed by atoms with Gasteiger partial charge in [-0.15, -0.1) is 10.2 Å². The number of carbonyl (C=O) groups excluding carboxylic acids is 1. The molecule has 0 fully saturated rings. The summed E-state index contributed by atoms with van der Waals surface area (Å²) in [7, 11) is 0. The Bertz CT molecular complexity index is 1010. The summed E-state index contributed by atoms with van der Waals surface area (Å²) in [5.41, 5.74) is 1.36. The van der Waals surface area contributed by atoms with Gasteiger partial charge in [0.05, 0.1) is 5.56 Å². The number of ketones is 1. The maximum absolute atomic E-state index is 12.7. The Labute approximate surface area is 161 Å². The van der Waals surface area contributed by atoms with Crippen LogP contribution in [0.2, 0.25) is 0 Å². The Morgan fingerprint density at radius 1 is 1.07 bits per heavy atom. The third-order valence-corrected chi connectivity index (χ3v) is 3.82. The largest absolute Gasteiger partial charge is 0.435 e. The summed E-state index contributed by atoms with van der Waals surface area (Å²) >= 11 is 0. The van der Waals surface area contributed by atoms with Gasteiger partial charge >= 0.3 is 13.2 Å². The Morgan fingerprint density at radius 2 is 1.79 bits per heavy atom. The van der Waals surface area contributed by atoms with E-state index < -0.39 is 37.1 Å². The molecular formula is C18H14F4N4O3. The molecule has 0 unspecified atom stereocenters. The van der Waals surface area contributed by atoms with Gasteiger partial charge < -0.3 is 9.47 Å². The molecule has 152 valence electrons. The monoisotopic (exact) mass is 410 g/mol. The van der Waals surface area contributed by atoms with Crippen molar-refractivity contribution in [3.8, 4) is 22.9 Å². The fourth-order valence-electron chi connectivity index (χ4n) is 2.56. The summed E-state index contributed by atoms with van der Waals surface area (Å²) in [6.45, 7) is -4.98. The van der Waals surface area contributed by atoms with Crippen LogP contribution < -0.4 is 9.47 Å². The normalized spacial score (nSPS) is 11.1. The van der Waals surface area contributed by atoms with Crippen molar-refractivity contribution in [2.45, 2.75) is 26.7 Å². The Hall–Kier alpha value is -3.50. The zero-order valence-corrected chi connectivity index (χ0v) is 14.9. The molecule has 0 aliphatic rings. The van der Waals surface area contributed by atoms with Crippen molar-refractivity contribution >= 4 is 5.78 Å². The molecule has 0 amide bonds. The Morgan fingerprint density at radius 3 is 2.48 bits per heavy atom. The standard InChI is InChI=1S/C18H14F4N4O3/c1-10-4-2-3-5-12(10)16-23-25-26(24-16)9-14(27)13-7-6-11(28-17(19)20)8-15(13)29-18(21)22/h2-8,17-18H,9H2,1H3. The van der Waals surface area contributed by atoms with Crippen LogP contribution in [0.1, 0.15) is 15.9 Å². The number of hydrogen-bond donors (Lipinski definition) is 0. The summed E-state index contributed by atoms with van der Waals surface area (Å²) < 4.78 is 58.4. The van der Waals surface area contributed by atoms with Gasteiger partial charge in [-0.05, 0) is 29.8 Å². The lowest BCUT2D eigenvalue weighted by molar-refractivity contribution is -0.0544. The molecule has 1 aromatic heterocycles. The Balaban J connectivity index is 1.82. The van der Waals surface area contributed by atoms with Gasteiger partial charge in [0.2, 0.25) is 5.82 Å². The average molecular weight is 410 g/mol. The quantitative estimate of drug-likeness (QED) is 0.416. The van der Waals surface area contributed by atoms with E-state index in [2.05, 4.69) is 24.9 Å². The first-order valence-corrected chi connectivity index (χ1v) is 8.24. The van der Waals surface area contributed by atoms with Crippen LogP contribution >= 0.6 is 0 Å². The van der Waals surface area contributed by atoms with E-state index in [1.165, 1.54) is 0 Å². The molecular weight excluding hydrogens is 396 g/mol. The first-order chi connectivity index (χ1) is 13.8. The van der Waals surface area contributed by atoms with Gasteiger partial charge in [0.1, 0.15) is 18.0 Å². The second-order valence-corrected chi connectivity index (χ2v) is 5.80. The van der Waals surface area contributed by atoms with Crippen molar-refractivity contribution in [3.63, 3.8) is 0 Å². The molecule has 0 N–H and O–H groups in total. The number of aryl methyl sites for hydroxylation is 1. The molecule has 0 atom stereocenters. The predicted molar refractivity (Wildman–Crippen MR) is 92.0 cm³/mol. The number of rotatable bonds is 8. The summed E-state index contributed by atoms with van der Waals surface area (Å²) in [6.07, 6.45) is 0. The summed E-state index contributed by atoms with van der Waals surface area (Å²) in [4.78, 5) is 13.5.